The van der Waals surface area contributed by atoms with Gasteiger partial charge in [-0.25, -0.2) is 0 Å². The van der Waals surface area contributed by atoms with Crippen LogP contribution >= 0.6 is 22.6 Å². The molecule has 6 rings (SSSR count). The summed E-state index contributed by atoms with van der Waals surface area (Å²) in [7, 11) is 0. The van der Waals surface area contributed by atoms with Gasteiger partial charge in [0.2, 0.25) is 11.8 Å². The van der Waals surface area contributed by atoms with Crippen molar-refractivity contribution >= 4 is 28.5 Å². The van der Waals surface area contributed by atoms with Crippen molar-refractivity contribution in [3.8, 4) is 11.8 Å². The molecule has 4 atom stereocenters. The van der Waals surface area contributed by atoms with E-state index in [1.165, 1.54) is 0 Å². The number of aromatic hydroxyl groups is 2. The molecule has 122 valence electrons. The van der Waals surface area contributed by atoms with Gasteiger partial charge in [-0.05, 0) is 65.1 Å². The Labute approximate surface area is 152 Å². The van der Waals surface area contributed by atoms with E-state index in [9.17, 15) is 15.0 Å². The molecule has 2 bridgehead atoms. The Morgan fingerprint density at radius 2 is 1.58 bits per heavy atom. The van der Waals surface area contributed by atoms with Crippen molar-refractivity contribution in [2.24, 2.45) is 11.8 Å². The van der Waals surface area contributed by atoms with Gasteiger partial charge in [0.25, 0.3) is 5.91 Å². The third-order valence-electron chi connectivity index (χ3n) is 5.52. The van der Waals surface area contributed by atoms with Crippen LogP contribution in [0.2, 0.25) is 0 Å². The molecule has 1 heterocycles. The fourth-order valence-electron chi connectivity index (χ4n) is 4.32. The van der Waals surface area contributed by atoms with Gasteiger partial charge in [-0.15, -0.1) is 0 Å². The van der Waals surface area contributed by atoms with Crippen LogP contribution in [0.4, 0.5) is 0 Å². The van der Waals surface area contributed by atoms with Gasteiger partial charge in [0.05, 0.1) is 0 Å². The van der Waals surface area contributed by atoms with Gasteiger partial charge in [-0.2, -0.15) is 4.68 Å². The third-order valence-corrected chi connectivity index (χ3v) is 6.24. The molecule has 1 saturated carbocycles. The molecule has 4 aliphatic carbocycles. The topological polar surface area (TPSA) is 74.5 Å². The molecule has 5 nitrogen and oxygen atoms in total. The van der Waals surface area contributed by atoms with Crippen LogP contribution in [-0.2, 0) is 0 Å². The minimum absolute atomic E-state index is 0.0499. The van der Waals surface area contributed by atoms with Crippen LogP contribution in [0.3, 0.4) is 0 Å². The van der Waals surface area contributed by atoms with E-state index in [0.29, 0.717) is 17.4 Å². The minimum atomic E-state index is -0.366. The number of amides is 1. The summed E-state index contributed by atoms with van der Waals surface area (Å²) in [4.78, 5) is 12.4. The lowest BCUT2D eigenvalue weighted by Gasteiger charge is -2.29. The van der Waals surface area contributed by atoms with Gasteiger partial charge in [-0.3, -0.25) is 10.2 Å². The fraction of sp³-hybridized carbons (Fsp3) is 0.278. The van der Waals surface area contributed by atoms with Crippen LogP contribution in [0.1, 0.15) is 39.7 Å². The van der Waals surface area contributed by atoms with E-state index in [1.807, 2.05) is 12.1 Å². The van der Waals surface area contributed by atoms with Gasteiger partial charge >= 0.3 is 0 Å². The largest absolute Gasteiger partial charge is 0.493 e. The third kappa shape index (κ3) is 1.83. The Morgan fingerprint density at radius 1 is 1.04 bits per heavy atom. The number of carbonyl (C=O) groups is 1. The number of hydrogen-bond donors (Lipinski definition) is 3. The van der Waals surface area contributed by atoms with Gasteiger partial charge in [0.1, 0.15) is 0 Å². The first-order chi connectivity index (χ1) is 11.6. The number of halogens is 1. The number of aromatic nitrogens is 1. The minimum Gasteiger partial charge on any atom is -0.493 e. The van der Waals surface area contributed by atoms with Crippen molar-refractivity contribution < 1.29 is 15.0 Å². The molecular formula is C18H15IN2O3. The van der Waals surface area contributed by atoms with E-state index < -0.39 is 0 Å². The van der Waals surface area contributed by atoms with E-state index in [4.69, 9.17) is 0 Å². The summed E-state index contributed by atoms with van der Waals surface area (Å²) < 4.78 is 2.16. The van der Waals surface area contributed by atoms with Crippen molar-refractivity contribution in [1.29, 1.82) is 0 Å². The predicted molar refractivity (Wildman–Crippen MR) is 96.8 cm³/mol. The zero-order valence-electron chi connectivity index (χ0n) is 12.6. The molecule has 3 N–H and O–H groups in total. The van der Waals surface area contributed by atoms with Crippen LogP contribution in [0.15, 0.2) is 36.4 Å². The van der Waals surface area contributed by atoms with Gasteiger partial charge < -0.3 is 10.2 Å². The first-order valence-electron chi connectivity index (χ1n) is 7.98. The first-order valence-corrected chi connectivity index (χ1v) is 9.06. The second-order valence-corrected chi connectivity index (χ2v) is 8.00. The summed E-state index contributed by atoms with van der Waals surface area (Å²) in [6.45, 7) is 0. The van der Waals surface area contributed by atoms with Crippen molar-refractivity contribution in [3.63, 3.8) is 0 Å². The maximum atomic E-state index is 12.4. The SMILES string of the molecule is O=C(Nn1c(O)c2c(c1O)C1C=CC2[C@H]2C[C@@H]12)c1ccc(I)cc1. The Bertz CT molecular complexity index is 858. The smallest absolute Gasteiger partial charge is 0.270 e. The molecule has 6 heteroatoms. The molecule has 1 fully saturated rings. The van der Waals surface area contributed by atoms with Crippen LogP contribution in [0, 0.1) is 15.4 Å². The molecule has 0 radical (unpaired) electrons. The summed E-state index contributed by atoms with van der Waals surface area (Å²) in [6, 6.07) is 7.12. The summed E-state index contributed by atoms with van der Waals surface area (Å²) in [5, 5.41) is 21.2. The van der Waals surface area contributed by atoms with Crippen molar-refractivity contribution in [2.75, 3.05) is 5.43 Å². The van der Waals surface area contributed by atoms with Gasteiger partial charge in [-0.1, -0.05) is 12.2 Å². The highest BCUT2D eigenvalue weighted by molar-refractivity contribution is 14.1. The van der Waals surface area contributed by atoms with Crippen LogP contribution in [0.25, 0.3) is 0 Å². The molecule has 4 aliphatic rings. The number of allylic oxidation sites excluding steroid dienone is 2. The lowest BCUT2D eigenvalue weighted by Crippen LogP contribution is -2.22. The highest BCUT2D eigenvalue weighted by Crippen LogP contribution is 2.67. The Kier molecular flexibility index (Phi) is 2.87. The quantitative estimate of drug-likeness (QED) is 0.502. The maximum absolute atomic E-state index is 12.4. The van der Waals surface area contributed by atoms with E-state index in [-0.39, 0.29) is 29.5 Å². The summed E-state index contributed by atoms with van der Waals surface area (Å²) in [6.07, 6.45) is 5.40. The normalized spacial score (nSPS) is 28.4. The zero-order chi connectivity index (χ0) is 16.6. The molecule has 0 saturated heterocycles. The lowest BCUT2D eigenvalue weighted by atomic mass is 9.73. The number of benzene rings is 1. The summed E-state index contributed by atoms with van der Waals surface area (Å²) in [5.74, 6) is 0.975. The van der Waals surface area contributed by atoms with Crippen molar-refractivity contribution in [1.82, 2.24) is 4.68 Å². The Balaban J connectivity index is 1.52. The fourth-order valence-corrected chi connectivity index (χ4v) is 4.68. The van der Waals surface area contributed by atoms with E-state index in [1.54, 1.807) is 12.1 Å². The molecule has 0 spiro atoms. The van der Waals surface area contributed by atoms with Crippen LogP contribution in [-0.4, -0.2) is 20.8 Å². The standard InChI is InChI=1S/C18H15IN2O3/c19-9-3-1-8(2-4-9)16(22)20-21-17(23)14-10-5-6-11(13-7-12(10)13)15(14)18(21)24/h1-6,10-13,23-24H,7H2,(H,20,22)/t10?,11?,12-,13+. The van der Waals surface area contributed by atoms with Gasteiger partial charge in [0, 0.05) is 32.1 Å². The average molecular weight is 434 g/mol. The first kappa shape index (κ1) is 14.4. The molecular weight excluding hydrogens is 419 g/mol. The average Bonchev–Trinajstić information content (AvgIpc) is 3.36. The molecule has 2 aromatic rings. The summed E-state index contributed by atoms with van der Waals surface area (Å²) in [5.41, 5.74) is 4.65. The highest BCUT2D eigenvalue weighted by Gasteiger charge is 2.57. The molecule has 1 amide bonds. The van der Waals surface area contributed by atoms with Crippen molar-refractivity contribution in [2.45, 2.75) is 18.3 Å². The van der Waals surface area contributed by atoms with E-state index in [0.717, 1.165) is 25.8 Å². The predicted octanol–water partition coefficient (Wildman–Crippen LogP) is 3.27. The number of nitrogens with zero attached hydrogens (tertiary/aromatic N) is 1. The second-order valence-electron chi connectivity index (χ2n) is 6.76. The molecule has 24 heavy (non-hydrogen) atoms. The zero-order valence-corrected chi connectivity index (χ0v) is 14.8. The number of nitrogens with one attached hydrogen (secondary N) is 1. The van der Waals surface area contributed by atoms with E-state index >= 15 is 0 Å². The molecule has 2 unspecified atom stereocenters. The molecule has 1 aromatic carbocycles. The van der Waals surface area contributed by atoms with Crippen LogP contribution in [0.5, 0.6) is 11.8 Å². The van der Waals surface area contributed by atoms with E-state index in [2.05, 4.69) is 40.2 Å². The molecule has 1 aromatic heterocycles. The second kappa shape index (κ2) is 4.78. The van der Waals surface area contributed by atoms with Crippen LogP contribution < -0.4 is 5.43 Å². The Hall–Kier alpha value is -1.96. The Morgan fingerprint density at radius 3 is 2.12 bits per heavy atom. The van der Waals surface area contributed by atoms with Crippen molar-refractivity contribution in [3.05, 3.63) is 56.7 Å². The molecule has 0 aliphatic heterocycles. The maximum Gasteiger partial charge on any atom is 0.270 e. The number of hydrogen-bond acceptors (Lipinski definition) is 3. The highest BCUT2D eigenvalue weighted by atomic mass is 127. The summed E-state index contributed by atoms with van der Waals surface area (Å²) >= 11 is 2.17. The lowest BCUT2D eigenvalue weighted by molar-refractivity contribution is 0.100. The monoisotopic (exact) mass is 434 g/mol. The number of carbonyl (C=O) groups excluding carboxylic acids is 1. The van der Waals surface area contributed by atoms with Gasteiger partial charge in [0.15, 0.2) is 0 Å². The number of rotatable bonds is 2.